The van der Waals surface area contributed by atoms with Crippen molar-refractivity contribution in [3.63, 3.8) is 0 Å². The number of hydrogen-bond acceptors (Lipinski definition) is 3. The summed E-state index contributed by atoms with van der Waals surface area (Å²) in [4.78, 5) is 22.3. The minimum Gasteiger partial charge on any atom is -0.389 e. The number of carbonyl (C=O) groups excluding carboxylic acids is 1. The summed E-state index contributed by atoms with van der Waals surface area (Å²) in [6.45, 7) is 5.93. The number of nitrogens with one attached hydrogen (secondary N) is 1. The van der Waals surface area contributed by atoms with E-state index < -0.39 is 5.60 Å². The van der Waals surface area contributed by atoms with Gasteiger partial charge in [-0.25, -0.2) is 4.98 Å². The average molecular weight is 315 g/mol. The van der Waals surface area contributed by atoms with Gasteiger partial charge in [-0.05, 0) is 45.2 Å². The molecule has 0 saturated heterocycles. The van der Waals surface area contributed by atoms with Gasteiger partial charge in [0.2, 0.25) is 5.91 Å². The molecule has 0 radical (unpaired) electrons. The lowest BCUT2D eigenvalue weighted by Crippen LogP contribution is -2.43. The highest BCUT2D eigenvalue weighted by Crippen LogP contribution is 2.29. The highest BCUT2D eigenvalue weighted by Gasteiger charge is 2.35. The molecule has 0 unspecified atom stereocenters. The van der Waals surface area contributed by atoms with Crippen LogP contribution >= 0.6 is 0 Å². The molecule has 0 atom stereocenters. The average Bonchev–Trinajstić information content (AvgIpc) is 3.21. The van der Waals surface area contributed by atoms with Crippen molar-refractivity contribution in [2.24, 2.45) is 0 Å². The van der Waals surface area contributed by atoms with Crippen LogP contribution in [-0.4, -0.2) is 44.1 Å². The molecule has 5 nitrogen and oxygen atoms in total. The lowest BCUT2D eigenvalue weighted by atomic mass is 10.1. The maximum atomic E-state index is 12.5. The topological polar surface area (TPSA) is 69.2 Å². The molecule has 1 fully saturated rings. The fourth-order valence-electron chi connectivity index (χ4n) is 2.94. The van der Waals surface area contributed by atoms with Gasteiger partial charge in [0.15, 0.2) is 0 Å². The van der Waals surface area contributed by atoms with Crippen molar-refractivity contribution in [2.45, 2.75) is 58.1 Å². The molecular weight excluding hydrogens is 290 g/mol. The maximum absolute atomic E-state index is 12.5. The summed E-state index contributed by atoms with van der Waals surface area (Å²) in [5, 5.41) is 10.0. The third kappa shape index (κ3) is 3.91. The quantitative estimate of drug-likeness (QED) is 0.861. The molecule has 1 aromatic carbocycles. The fourth-order valence-corrected chi connectivity index (χ4v) is 2.94. The Hall–Kier alpha value is -1.88. The zero-order valence-electron chi connectivity index (χ0n) is 14.1. The molecule has 1 amide bonds. The number of aliphatic hydroxyl groups is 1. The Bertz CT molecular complexity index is 711. The number of aryl methyl sites for hydroxylation is 2. The number of aromatic nitrogens is 2. The standard InChI is InChI=1S/C18H25N3O2/c1-12-5-4-6-14-17(12)20-15(19-14)9-10-16(22)21(13-7-8-13)11-18(2,3)23/h4-6,13,23H,7-11H2,1-3H3,(H,19,20). The monoisotopic (exact) mass is 315 g/mol. The molecule has 23 heavy (non-hydrogen) atoms. The summed E-state index contributed by atoms with van der Waals surface area (Å²) < 4.78 is 0. The highest BCUT2D eigenvalue weighted by molar-refractivity contribution is 5.79. The van der Waals surface area contributed by atoms with Gasteiger partial charge >= 0.3 is 0 Å². The number of hydrogen-bond donors (Lipinski definition) is 2. The van der Waals surface area contributed by atoms with E-state index in [1.807, 2.05) is 30.0 Å². The van der Waals surface area contributed by atoms with E-state index in [0.29, 0.717) is 25.4 Å². The van der Waals surface area contributed by atoms with Gasteiger partial charge in [-0.3, -0.25) is 4.79 Å². The van der Waals surface area contributed by atoms with Crippen LogP contribution in [0.25, 0.3) is 11.0 Å². The van der Waals surface area contributed by atoms with Crippen molar-refractivity contribution in [1.29, 1.82) is 0 Å². The zero-order chi connectivity index (χ0) is 16.6. The van der Waals surface area contributed by atoms with Crippen molar-refractivity contribution in [3.8, 4) is 0 Å². The van der Waals surface area contributed by atoms with Crippen molar-refractivity contribution in [1.82, 2.24) is 14.9 Å². The second-order valence-corrected chi connectivity index (χ2v) is 7.22. The molecule has 1 saturated carbocycles. The second kappa shape index (κ2) is 5.96. The number of benzene rings is 1. The molecule has 5 heteroatoms. The van der Waals surface area contributed by atoms with E-state index in [0.717, 1.165) is 35.3 Å². The Morgan fingerprint density at radius 3 is 2.78 bits per heavy atom. The van der Waals surface area contributed by atoms with Crippen molar-refractivity contribution >= 4 is 16.9 Å². The van der Waals surface area contributed by atoms with Crippen molar-refractivity contribution in [3.05, 3.63) is 29.6 Å². The number of imidazole rings is 1. The molecule has 124 valence electrons. The summed E-state index contributed by atoms with van der Waals surface area (Å²) in [7, 11) is 0. The van der Waals surface area contributed by atoms with E-state index in [4.69, 9.17) is 0 Å². The third-order valence-electron chi connectivity index (χ3n) is 4.20. The van der Waals surface area contributed by atoms with Crippen LogP contribution in [0.1, 0.15) is 44.5 Å². The lowest BCUT2D eigenvalue weighted by molar-refractivity contribution is -0.134. The Morgan fingerprint density at radius 2 is 2.17 bits per heavy atom. The Balaban J connectivity index is 1.66. The predicted molar refractivity (Wildman–Crippen MR) is 90.2 cm³/mol. The van der Waals surface area contributed by atoms with Gasteiger partial charge in [0.05, 0.1) is 16.6 Å². The number of aromatic amines is 1. The molecule has 0 bridgehead atoms. The van der Waals surface area contributed by atoms with E-state index in [-0.39, 0.29) is 5.91 Å². The minimum atomic E-state index is -0.852. The molecule has 1 aromatic heterocycles. The van der Waals surface area contributed by atoms with Crippen molar-refractivity contribution < 1.29 is 9.90 Å². The first-order chi connectivity index (χ1) is 10.8. The summed E-state index contributed by atoms with van der Waals surface area (Å²) >= 11 is 0. The van der Waals surface area contributed by atoms with Crippen LogP contribution in [0, 0.1) is 6.92 Å². The first kappa shape index (κ1) is 16.0. The van der Waals surface area contributed by atoms with E-state index >= 15 is 0 Å². The van der Waals surface area contributed by atoms with Crippen LogP contribution in [0.3, 0.4) is 0 Å². The first-order valence-corrected chi connectivity index (χ1v) is 8.29. The lowest BCUT2D eigenvalue weighted by Gasteiger charge is -2.29. The van der Waals surface area contributed by atoms with Crippen LogP contribution in [0.15, 0.2) is 18.2 Å². The van der Waals surface area contributed by atoms with E-state index in [1.165, 1.54) is 0 Å². The third-order valence-corrected chi connectivity index (χ3v) is 4.20. The molecule has 3 rings (SSSR count). The van der Waals surface area contributed by atoms with E-state index in [1.54, 1.807) is 13.8 Å². The summed E-state index contributed by atoms with van der Waals surface area (Å²) in [6, 6.07) is 6.36. The SMILES string of the molecule is Cc1cccc2[nH]c(CCC(=O)N(CC(C)(C)O)C3CC3)nc12. The van der Waals surface area contributed by atoms with Crippen molar-refractivity contribution in [2.75, 3.05) is 6.54 Å². The predicted octanol–water partition coefficient (Wildman–Crippen LogP) is 2.57. The molecule has 0 spiro atoms. The Labute approximate surface area is 136 Å². The van der Waals surface area contributed by atoms with E-state index in [9.17, 15) is 9.90 Å². The van der Waals surface area contributed by atoms with Gasteiger partial charge in [0, 0.05) is 25.4 Å². The largest absolute Gasteiger partial charge is 0.389 e. The number of H-pyrrole nitrogens is 1. The number of amides is 1. The molecule has 1 heterocycles. The van der Waals surface area contributed by atoms with Gasteiger partial charge in [0.1, 0.15) is 5.82 Å². The van der Waals surface area contributed by atoms with Gasteiger partial charge < -0.3 is 15.0 Å². The molecule has 1 aliphatic rings. The summed E-state index contributed by atoms with van der Waals surface area (Å²) in [6.07, 6.45) is 3.12. The van der Waals surface area contributed by atoms with Crippen LogP contribution in [0.5, 0.6) is 0 Å². The normalized spacial score (nSPS) is 15.1. The zero-order valence-corrected chi connectivity index (χ0v) is 14.1. The van der Waals surface area contributed by atoms with Crippen LogP contribution < -0.4 is 0 Å². The minimum absolute atomic E-state index is 0.104. The molecular formula is C18H25N3O2. The number of para-hydroxylation sites is 1. The van der Waals surface area contributed by atoms with Gasteiger partial charge in [0.25, 0.3) is 0 Å². The fraction of sp³-hybridized carbons (Fsp3) is 0.556. The Morgan fingerprint density at radius 1 is 1.43 bits per heavy atom. The second-order valence-electron chi connectivity index (χ2n) is 7.22. The molecule has 2 N–H and O–H groups in total. The number of fused-ring (bicyclic) bond motifs is 1. The number of rotatable bonds is 6. The van der Waals surface area contributed by atoms with E-state index in [2.05, 4.69) is 9.97 Å². The molecule has 2 aromatic rings. The smallest absolute Gasteiger partial charge is 0.223 e. The summed E-state index contributed by atoms with van der Waals surface area (Å²) in [5.74, 6) is 0.952. The number of carbonyl (C=O) groups is 1. The first-order valence-electron chi connectivity index (χ1n) is 8.29. The number of nitrogens with zero attached hydrogens (tertiary/aromatic N) is 2. The molecule has 1 aliphatic carbocycles. The molecule has 0 aliphatic heterocycles. The maximum Gasteiger partial charge on any atom is 0.223 e. The summed E-state index contributed by atoms with van der Waals surface area (Å²) in [5.41, 5.74) is 2.28. The van der Waals surface area contributed by atoms with Gasteiger partial charge in [-0.1, -0.05) is 12.1 Å². The van der Waals surface area contributed by atoms with Crippen LogP contribution in [0.2, 0.25) is 0 Å². The van der Waals surface area contributed by atoms with Gasteiger partial charge in [-0.2, -0.15) is 0 Å². The Kier molecular flexibility index (Phi) is 4.15. The van der Waals surface area contributed by atoms with Crippen LogP contribution in [0.4, 0.5) is 0 Å². The van der Waals surface area contributed by atoms with Crippen LogP contribution in [-0.2, 0) is 11.2 Å². The van der Waals surface area contributed by atoms with Gasteiger partial charge in [-0.15, -0.1) is 0 Å². The highest BCUT2D eigenvalue weighted by atomic mass is 16.3.